The van der Waals surface area contributed by atoms with E-state index < -0.39 is 16.8 Å². The standard InChI is InChI=1S/C24H26N2O5/c1-15(24(27)28)10-17-11-20(18-6-7-21-19(13-18)8-9-25-21)23(22(12-17)26(29)30)31-14-16-4-2-3-5-16/h6-9,11-13,15-16,25H,2-5,10,14H2,1H3,(H,27,28). The van der Waals surface area contributed by atoms with E-state index in [1.54, 1.807) is 6.92 Å². The molecule has 1 aliphatic carbocycles. The van der Waals surface area contributed by atoms with Crippen LogP contribution in [0.15, 0.2) is 42.6 Å². The average Bonchev–Trinajstić information content (AvgIpc) is 3.43. The fourth-order valence-electron chi connectivity index (χ4n) is 4.33. The molecule has 1 atom stereocenters. The average molecular weight is 422 g/mol. The largest absolute Gasteiger partial charge is 0.486 e. The Morgan fingerprint density at radius 1 is 1.26 bits per heavy atom. The molecule has 2 N–H and O–H groups in total. The predicted octanol–water partition coefficient (Wildman–Crippen LogP) is 5.58. The normalized spacial score (nSPS) is 15.3. The fraction of sp³-hybridized carbons (Fsp3) is 0.375. The van der Waals surface area contributed by atoms with Crippen LogP contribution >= 0.6 is 0 Å². The van der Waals surface area contributed by atoms with E-state index >= 15 is 0 Å². The van der Waals surface area contributed by atoms with E-state index in [9.17, 15) is 20.0 Å². The molecule has 4 rings (SSSR count). The molecule has 0 saturated heterocycles. The van der Waals surface area contributed by atoms with Crippen molar-refractivity contribution in [1.29, 1.82) is 0 Å². The molecule has 1 heterocycles. The van der Waals surface area contributed by atoms with Crippen molar-refractivity contribution < 1.29 is 19.6 Å². The molecule has 0 radical (unpaired) electrons. The van der Waals surface area contributed by atoms with Gasteiger partial charge in [-0.25, -0.2) is 0 Å². The van der Waals surface area contributed by atoms with Gasteiger partial charge in [0.05, 0.1) is 17.4 Å². The number of hydrogen-bond acceptors (Lipinski definition) is 4. The molecule has 1 aliphatic rings. The van der Waals surface area contributed by atoms with Crippen molar-refractivity contribution in [3.05, 3.63) is 58.3 Å². The maximum absolute atomic E-state index is 11.9. The molecule has 1 saturated carbocycles. The Bertz CT molecular complexity index is 1110. The summed E-state index contributed by atoms with van der Waals surface area (Å²) >= 11 is 0. The zero-order valence-corrected chi connectivity index (χ0v) is 17.5. The minimum absolute atomic E-state index is 0.114. The summed E-state index contributed by atoms with van der Waals surface area (Å²) < 4.78 is 6.10. The van der Waals surface area contributed by atoms with Crippen LogP contribution in [0.3, 0.4) is 0 Å². The third-order valence-corrected chi connectivity index (χ3v) is 6.09. The summed E-state index contributed by atoms with van der Waals surface area (Å²) in [6.07, 6.45) is 6.54. The van der Waals surface area contributed by atoms with Gasteiger partial charge >= 0.3 is 11.7 Å². The molecule has 0 bridgehead atoms. The second-order valence-electron chi connectivity index (χ2n) is 8.43. The van der Waals surface area contributed by atoms with Crippen molar-refractivity contribution in [3.63, 3.8) is 0 Å². The number of aromatic nitrogens is 1. The molecule has 0 spiro atoms. The van der Waals surface area contributed by atoms with Gasteiger partial charge in [0.15, 0.2) is 0 Å². The number of H-pyrrole nitrogens is 1. The lowest BCUT2D eigenvalue weighted by molar-refractivity contribution is -0.385. The van der Waals surface area contributed by atoms with Crippen LogP contribution in [0.25, 0.3) is 22.0 Å². The van der Waals surface area contributed by atoms with Gasteiger partial charge < -0.3 is 14.8 Å². The van der Waals surface area contributed by atoms with Gasteiger partial charge in [0, 0.05) is 23.3 Å². The number of nitro groups is 1. The van der Waals surface area contributed by atoms with Gasteiger partial charge in [-0.2, -0.15) is 0 Å². The highest BCUT2D eigenvalue weighted by molar-refractivity contribution is 5.87. The minimum Gasteiger partial charge on any atom is -0.486 e. The topological polar surface area (TPSA) is 105 Å². The monoisotopic (exact) mass is 422 g/mol. The highest BCUT2D eigenvalue weighted by Crippen LogP contribution is 2.41. The summed E-state index contributed by atoms with van der Waals surface area (Å²) in [6, 6.07) is 11.1. The molecule has 7 heteroatoms. The number of hydrogen-bond donors (Lipinski definition) is 2. The second-order valence-corrected chi connectivity index (χ2v) is 8.43. The lowest BCUT2D eigenvalue weighted by atomic mass is 9.94. The highest BCUT2D eigenvalue weighted by Gasteiger charge is 2.26. The summed E-state index contributed by atoms with van der Waals surface area (Å²) in [7, 11) is 0. The Labute approximate surface area is 180 Å². The summed E-state index contributed by atoms with van der Waals surface area (Å²) in [4.78, 5) is 26.0. The molecule has 2 aromatic carbocycles. The van der Waals surface area contributed by atoms with Crippen molar-refractivity contribution in [1.82, 2.24) is 4.98 Å². The molecule has 1 unspecified atom stereocenters. The van der Waals surface area contributed by atoms with Crippen LogP contribution in [0.1, 0.15) is 38.2 Å². The molecule has 31 heavy (non-hydrogen) atoms. The molecule has 0 amide bonds. The van der Waals surface area contributed by atoms with E-state index in [2.05, 4.69) is 4.98 Å². The lowest BCUT2D eigenvalue weighted by Gasteiger charge is -2.17. The van der Waals surface area contributed by atoms with Crippen molar-refractivity contribution >= 4 is 22.6 Å². The van der Waals surface area contributed by atoms with Crippen LogP contribution in [-0.2, 0) is 11.2 Å². The van der Waals surface area contributed by atoms with Crippen LogP contribution in [-0.4, -0.2) is 27.6 Å². The number of nitrogens with zero attached hydrogens (tertiary/aromatic N) is 1. The number of benzene rings is 2. The van der Waals surface area contributed by atoms with E-state index in [0.29, 0.717) is 23.7 Å². The van der Waals surface area contributed by atoms with Crippen LogP contribution < -0.4 is 4.74 Å². The first-order valence-electron chi connectivity index (χ1n) is 10.7. The number of carboxylic acids is 1. The number of carboxylic acid groups (broad SMARTS) is 1. The number of aliphatic carboxylic acids is 1. The lowest BCUT2D eigenvalue weighted by Crippen LogP contribution is -2.13. The maximum Gasteiger partial charge on any atom is 0.311 e. The zero-order valence-electron chi connectivity index (χ0n) is 17.5. The Morgan fingerprint density at radius 3 is 2.74 bits per heavy atom. The first kappa shape index (κ1) is 20.9. The SMILES string of the molecule is CC(Cc1cc(-c2ccc3[nH]ccc3c2)c(OCC2CCCC2)c([N+](=O)[O-])c1)C(=O)O. The van der Waals surface area contributed by atoms with Gasteiger partial charge in [0.1, 0.15) is 0 Å². The second kappa shape index (κ2) is 8.79. The number of nitrogens with one attached hydrogen (secondary N) is 1. The molecule has 1 aromatic heterocycles. The summed E-state index contributed by atoms with van der Waals surface area (Å²) in [5, 5.41) is 22.2. The smallest absolute Gasteiger partial charge is 0.311 e. The molecular weight excluding hydrogens is 396 g/mol. The van der Waals surface area contributed by atoms with Crippen LogP contribution in [0.4, 0.5) is 5.69 Å². The first-order valence-corrected chi connectivity index (χ1v) is 10.7. The van der Waals surface area contributed by atoms with Gasteiger partial charge in [-0.15, -0.1) is 0 Å². The van der Waals surface area contributed by atoms with Gasteiger partial charge in [-0.3, -0.25) is 14.9 Å². The van der Waals surface area contributed by atoms with Gasteiger partial charge in [0.2, 0.25) is 5.75 Å². The van der Waals surface area contributed by atoms with Gasteiger partial charge in [-0.05, 0) is 66.0 Å². The summed E-state index contributed by atoms with van der Waals surface area (Å²) in [5.74, 6) is -0.908. The zero-order chi connectivity index (χ0) is 22.0. The van der Waals surface area contributed by atoms with Crippen molar-refractivity contribution in [2.75, 3.05) is 6.61 Å². The van der Waals surface area contributed by atoms with Crippen molar-refractivity contribution in [2.24, 2.45) is 11.8 Å². The van der Waals surface area contributed by atoms with Crippen LogP contribution in [0.5, 0.6) is 5.75 Å². The number of fused-ring (bicyclic) bond motifs is 1. The Hall–Kier alpha value is -3.35. The number of aromatic amines is 1. The van der Waals surface area contributed by atoms with Gasteiger partial charge in [-0.1, -0.05) is 25.8 Å². The summed E-state index contributed by atoms with van der Waals surface area (Å²) in [6.45, 7) is 2.05. The Morgan fingerprint density at radius 2 is 2.03 bits per heavy atom. The van der Waals surface area contributed by atoms with E-state index in [0.717, 1.165) is 29.3 Å². The first-order chi connectivity index (χ1) is 14.9. The van der Waals surface area contributed by atoms with E-state index in [-0.39, 0.29) is 17.9 Å². The van der Waals surface area contributed by atoms with Crippen molar-refractivity contribution in [3.8, 4) is 16.9 Å². The minimum atomic E-state index is -0.931. The number of ether oxygens (including phenoxy) is 1. The molecule has 0 aliphatic heterocycles. The van der Waals surface area contributed by atoms with E-state index in [1.165, 1.54) is 18.9 Å². The van der Waals surface area contributed by atoms with Crippen LogP contribution in [0.2, 0.25) is 0 Å². The molecule has 162 valence electrons. The van der Waals surface area contributed by atoms with E-state index in [4.69, 9.17) is 4.74 Å². The number of carbonyl (C=O) groups is 1. The highest BCUT2D eigenvalue weighted by atomic mass is 16.6. The number of nitro benzene ring substituents is 1. The molecule has 7 nitrogen and oxygen atoms in total. The molecule has 3 aromatic rings. The Balaban J connectivity index is 1.80. The fourth-order valence-corrected chi connectivity index (χ4v) is 4.33. The molecule has 1 fully saturated rings. The van der Waals surface area contributed by atoms with Gasteiger partial charge in [0.25, 0.3) is 0 Å². The van der Waals surface area contributed by atoms with E-state index in [1.807, 2.05) is 36.5 Å². The third-order valence-electron chi connectivity index (χ3n) is 6.09. The van der Waals surface area contributed by atoms with Crippen LogP contribution in [0, 0.1) is 22.0 Å². The molecular formula is C24H26N2O5. The quantitative estimate of drug-likeness (QED) is 0.364. The number of rotatable bonds is 8. The predicted molar refractivity (Wildman–Crippen MR) is 118 cm³/mol. The Kier molecular flexibility index (Phi) is 5.93. The maximum atomic E-state index is 11.9. The summed E-state index contributed by atoms with van der Waals surface area (Å²) in [5.41, 5.74) is 2.91. The third kappa shape index (κ3) is 4.55. The van der Waals surface area contributed by atoms with Crippen molar-refractivity contribution in [2.45, 2.75) is 39.0 Å².